The molecule has 0 radical (unpaired) electrons. The molecule has 0 aromatic heterocycles. The number of β-amino-alcohol motifs (C(OH)–C–C–N with tert-alkyl or cyclic N) is 1. The minimum Gasteiger partial charge on any atom is -0.445 e. The highest BCUT2D eigenvalue weighted by Crippen LogP contribution is 2.46. The summed E-state index contributed by atoms with van der Waals surface area (Å²) in [6.45, 7) is 2.45. The van der Waals surface area contributed by atoms with Crippen LogP contribution in [0.25, 0.3) is 0 Å². The Morgan fingerprint density at radius 1 is 1.47 bits per heavy atom. The molecule has 19 heavy (non-hydrogen) atoms. The van der Waals surface area contributed by atoms with E-state index in [1.54, 1.807) is 11.8 Å². The fraction of sp³-hybridized carbons (Fsp3) is 0.533. The third kappa shape index (κ3) is 2.73. The van der Waals surface area contributed by atoms with Crippen molar-refractivity contribution in [1.29, 1.82) is 0 Å². The lowest BCUT2D eigenvalue weighted by Gasteiger charge is -2.35. The molecule has 1 N–H and O–H groups in total. The molecule has 4 heteroatoms. The number of carbonyl (C=O) groups excluding carboxylic acids is 1. The largest absolute Gasteiger partial charge is 0.445 e. The lowest BCUT2D eigenvalue weighted by molar-refractivity contribution is -0.0198. The zero-order chi connectivity index (χ0) is 13.5. The molecule has 1 aromatic carbocycles. The maximum Gasteiger partial charge on any atom is 0.410 e. The first-order valence-corrected chi connectivity index (χ1v) is 6.75. The zero-order valence-corrected chi connectivity index (χ0v) is 11.1. The quantitative estimate of drug-likeness (QED) is 0.887. The Morgan fingerprint density at radius 2 is 2.21 bits per heavy atom. The second-order valence-corrected chi connectivity index (χ2v) is 5.93. The number of rotatable bonds is 2. The van der Waals surface area contributed by atoms with Crippen molar-refractivity contribution in [2.45, 2.75) is 38.0 Å². The van der Waals surface area contributed by atoms with Crippen molar-refractivity contribution in [1.82, 2.24) is 4.90 Å². The van der Waals surface area contributed by atoms with E-state index < -0.39 is 5.60 Å². The van der Waals surface area contributed by atoms with Gasteiger partial charge in [-0.3, -0.25) is 0 Å². The number of carbonyl (C=O) groups is 1. The average Bonchev–Trinajstić information content (AvgIpc) is 3.13. The molecule has 102 valence electrons. The minimum absolute atomic E-state index is 0.281. The number of likely N-dealkylation sites (tertiary alicyclic amines) is 1. The molecule has 1 aliphatic heterocycles. The molecular weight excluding hydrogens is 242 g/mol. The van der Waals surface area contributed by atoms with Gasteiger partial charge in [0.25, 0.3) is 0 Å². The Labute approximate surface area is 113 Å². The number of hydrogen-bond acceptors (Lipinski definition) is 3. The molecule has 2 fully saturated rings. The molecule has 4 nitrogen and oxygen atoms in total. The third-order valence-corrected chi connectivity index (χ3v) is 3.94. The van der Waals surface area contributed by atoms with Crippen LogP contribution in [-0.4, -0.2) is 34.3 Å². The summed E-state index contributed by atoms with van der Waals surface area (Å²) < 4.78 is 5.33. The molecule has 1 heterocycles. The molecule has 0 spiro atoms. The summed E-state index contributed by atoms with van der Waals surface area (Å²) in [5.74, 6) is 0.452. The molecule has 3 rings (SSSR count). The molecule has 3 unspecified atom stereocenters. The maximum absolute atomic E-state index is 12.1. The van der Waals surface area contributed by atoms with Crippen LogP contribution in [0.2, 0.25) is 0 Å². The average molecular weight is 261 g/mol. The van der Waals surface area contributed by atoms with Crippen LogP contribution in [0.15, 0.2) is 30.3 Å². The lowest BCUT2D eigenvalue weighted by Crippen LogP contribution is -2.49. The Balaban J connectivity index is 1.59. The predicted octanol–water partition coefficient (Wildman–Crippen LogP) is 2.17. The van der Waals surface area contributed by atoms with Gasteiger partial charge in [0, 0.05) is 6.04 Å². The summed E-state index contributed by atoms with van der Waals surface area (Å²) in [5.41, 5.74) is 0.204. The van der Waals surface area contributed by atoms with Gasteiger partial charge in [-0.25, -0.2) is 4.79 Å². The second-order valence-electron chi connectivity index (χ2n) is 5.93. The molecule has 2 aliphatic rings. The van der Waals surface area contributed by atoms with E-state index >= 15 is 0 Å². The highest BCUT2D eigenvalue weighted by atomic mass is 16.6. The Hall–Kier alpha value is -1.55. The van der Waals surface area contributed by atoms with Crippen LogP contribution in [-0.2, 0) is 11.3 Å². The van der Waals surface area contributed by atoms with Crippen molar-refractivity contribution in [3.63, 3.8) is 0 Å². The second kappa shape index (κ2) is 4.53. The van der Waals surface area contributed by atoms with Crippen LogP contribution >= 0.6 is 0 Å². The van der Waals surface area contributed by atoms with Crippen LogP contribution in [0.5, 0.6) is 0 Å². The molecular formula is C15H19NO3. The van der Waals surface area contributed by atoms with Gasteiger partial charge in [0.1, 0.15) is 6.61 Å². The zero-order valence-electron chi connectivity index (χ0n) is 11.1. The van der Waals surface area contributed by atoms with Crippen molar-refractivity contribution >= 4 is 6.09 Å². The van der Waals surface area contributed by atoms with Crippen molar-refractivity contribution in [2.75, 3.05) is 6.54 Å². The molecule has 1 saturated carbocycles. The van der Waals surface area contributed by atoms with Crippen molar-refractivity contribution in [3.8, 4) is 0 Å². The normalized spacial score (nSPS) is 32.6. The van der Waals surface area contributed by atoms with E-state index in [2.05, 4.69) is 0 Å². The SMILES string of the molecule is CC1(O)CC2CC2N(C(=O)OCc2ccccc2)C1. The van der Waals surface area contributed by atoms with Crippen molar-refractivity contribution in [3.05, 3.63) is 35.9 Å². The first-order chi connectivity index (χ1) is 9.05. The van der Waals surface area contributed by atoms with E-state index in [-0.39, 0.29) is 18.7 Å². The number of benzene rings is 1. The molecule has 3 atom stereocenters. The summed E-state index contributed by atoms with van der Waals surface area (Å²) in [6, 6.07) is 9.92. The summed E-state index contributed by atoms with van der Waals surface area (Å²) in [5, 5.41) is 10.1. The van der Waals surface area contributed by atoms with Crippen molar-refractivity contribution < 1.29 is 14.6 Å². The van der Waals surface area contributed by atoms with Crippen LogP contribution in [0, 0.1) is 5.92 Å². The topological polar surface area (TPSA) is 49.8 Å². The van der Waals surface area contributed by atoms with Crippen LogP contribution in [0.1, 0.15) is 25.3 Å². The van der Waals surface area contributed by atoms with E-state index in [0.717, 1.165) is 18.4 Å². The number of ether oxygens (including phenoxy) is 1. The fourth-order valence-electron chi connectivity index (χ4n) is 2.95. The number of aliphatic hydroxyl groups is 1. The Kier molecular flexibility index (Phi) is 2.97. The summed E-state index contributed by atoms with van der Waals surface area (Å²) in [7, 11) is 0. The van der Waals surface area contributed by atoms with Gasteiger partial charge in [0.15, 0.2) is 0 Å². The van der Waals surface area contributed by atoms with Gasteiger partial charge >= 0.3 is 6.09 Å². The Morgan fingerprint density at radius 3 is 2.95 bits per heavy atom. The highest BCUT2D eigenvalue weighted by Gasteiger charge is 2.53. The van der Waals surface area contributed by atoms with E-state index in [0.29, 0.717) is 12.5 Å². The first-order valence-electron chi connectivity index (χ1n) is 6.75. The van der Waals surface area contributed by atoms with E-state index in [4.69, 9.17) is 4.74 Å². The highest BCUT2D eigenvalue weighted by molar-refractivity contribution is 5.69. The molecule has 1 aliphatic carbocycles. The standard InChI is InChI=1S/C15H19NO3/c1-15(18)8-12-7-13(12)16(10-15)14(17)19-9-11-5-3-2-4-6-11/h2-6,12-13,18H,7-10H2,1H3. The van der Waals surface area contributed by atoms with E-state index in [9.17, 15) is 9.90 Å². The predicted molar refractivity (Wildman–Crippen MR) is 70.5 cm³/mol. The van der Waals surface area contributed by atoms with Crippen LogP contribution in [0.4, 0.5) is 4.79 Å². The smallest absolute Gasteiger partial charge is 0.410 e. The first kappa shape index (κ1) is 12.5. The Bertz CT molecular complexity index is 472. The molecule has 1 saturated heterocycles. The molecule has 1 amide bonds. The van der Waals surface area contributed by atoms with Gasteiger partial charge in [-0.15, -0.1) is 0 Å². The molecule has 1 aromatic rings. The third-order valence-electron chi connectivity index (χ3n) is 3.94. The van der Waals surface area contributed by atoms with Gasteiger partial charge in [-0.1, -0.05) is 30.3 Å². The van der Waals surface area contributed by atoms with Gasteiger partial charge in [-0.05, 0) is 31.2 Å². The summed E-state index contributed by atoms with van der Waals surface area (Å²) >= 11 is 0. The van der Waals surface area contributed by atoms with Gasteiger partial charge in [0.2, 0.25) is 0 Å². The van der Waals surface area contributed by atoms with Crippen LogP contribution < -0.4 is 0 Å². The van der Waals surface area contributed by atoms with E-state index in [1.165, 1.54) is 0 Å². The fourth-order valence-corrected chi connectivity index (χ4v) is 2.95. The number of piperidine rings is 1. The van der Waals surface area contributed by atoms with Gasteiger partial charge in [-0.2, -0.15) is 0 Å². The summed E-state index contributed by atoms with van der Waals surface area (Å²) in [4.78, 5) is 13.8. The van der Waals surface area contributed by atoms with Gasteiger partial charge in [0.05, 0.1) is 12.1 Å². The number of fused-ring (bicyclic) bond motifs is 1. The number of nitrogens with zero attached hydrogens (tertiary/aromatic N) is 1. The van der Waals surface area contributed by atoms with Crippen molar-refractivity contribution in [2.24, 2.45) is 5.92 Å². The minimum atomic E-state index is -0.774. The number of hydrogen-bond donors (Lipinski definition) is 1. The monoisotopic (exact) mass is 261 g/mol. The van der Waals surface area contributed by atoms with Gasteiger partial charge < -0.3 is 14.7 Å². The maximum atomic E-state index is 12.1. The van der Waals surface area contributed by atoms with E-state index in [1.807, 2.05) is 30.3 Å². The molecule has 0 bridgehead atoms. The summed E-state index contributed by atoms with van der Waals surface area (Å²) in [6.07, 6.45) is 1.48. The number of amides is 1. The lowest BCUT2D eigenvalue weighted by atomic mass is 9.95. The van der Waals surface area contributed by atoms with Crippen LogP contribution in [0.3, 0.4) is 0 Å².